The average molecular weight is 397 g/mol. The molecule has 0 spiro atoms. The Labute approximate surface area is 168 Å². The molecule has 1 atom stereocenters. The van der Waals surface area contributed by atoms with Crippen LogP contribution in [0.5, 0.6) is 5.75 Å². The molecular weight excluding hydrogens is 374 g/mol. The summed E-state index contributed by atoms with van der Waals surface area (Å²) in [6.07, 6.45) is -0.976. The summed E-state index contributed by atoms with van der Waals surface area (Å²) in [5.74, 6) is -0.433. The van der Waals surface area contributed by atoms with Crippen molar-refractivity contribution in [3.8, 4) is 5.75 Å². The van der Waals surface area contributed by atoms with Gasteiger partial charge < -0.3 is 23.9 Å². The van der Waals surface area contributed by atoms with E-state index in [1.165, 1.54) is 14.0 Å². The Bertz CT molecular complexity index is 966. The predicted octanol–water partition coefficient (Wildman–Crippen LogP) is 3.32. The quantitative estimate of drug-likeness (QED) is 0.440. The van der Waals surface area contributed by atoms with Gasteiger partial charge in [0.2, 0.25) is 5.76 Å². The molecule has 3 rings (SSSR count). The Morgan fingerprint density at radius 2 is 1.79 bits per heavy atom. The zero-order chi connectivity index (χ0) is 20.6. The van der Waals surface area contributed by atoms with Gasteiger partial charge in [0, 0.05) is 19.0 Å². The van der Waals surface area contributed by atoms with Gasteiger partial charge >= 0.3 is 5.97 Å². The van der Waals surface area contributed by atoms with Crippen molar-refractivity contribution >= 4 is 22.8 Å². The number of benzene rings is 2. The molecule has 0 fully saturated rings. The molecule has 7 nitrogen and oxygen atoms in total. The van der Waals surface area contributed by atoms with Gasteiger partial charge in [-0.1, -0.05) is 36.4 Å². The summed E-state index contributed by atoms with van der Waals surface area (Å²) in [7, 11) is 1.54. The van der Waals surface area contributed by atoms with Gasteiger partial charge in [0.15, 0.2) is 6.10 Å². The summed E-state index contributed by atoms with van der Waals surface area (Å²) in [5.41, 5.74) is 1.12. The number of furan rings is 1. The lowest BCUT2D eigenvalue weighted by Crippen LogP contribution is -2.37. The minimum Gasteiger partial charge on any atom is -0.489 e. The molecule has 0 saturated carbocycles. The Morgan fingerprint density at radius 3 is 2.55 bits per heavy atom. The number of fused-ring (bicyclic) bond motifs is 1. The summed E-state index contributed by atoms with van der Waals surface area (Å²) in [4.78, 5) is 24.8. The summed E-state index contributed by atoms with van der Waals surface area (Å²) < 4.78 is 21.7. The van der Waals surface area contributed by atoms with Crippen LogP contribution in [0.3, 0.4) is 0 Å². The van der Waals surface area contributed by atoms with E-state index in [-0.39, 0.29) is 12.4 Å². The number of ether oxygens (including phenoxy) is 3. The highest BCUT2D eigenvalue weighted by Crippen LogP contribution is 2.28. The van der Waals surface area contributed by atoms with Crippen LogP contribution in [0.1, 0.15) is 23.0 Å². The first-order valence-electron chi connectivity index (χ1n) is 9.26. The predicted molar refractivity (Wildman–Crippen MR) is 107 cm³/mol. The Balaban J connectivity index is 1.77. The fraction of sp³-hybridized carbons (Fsp3) is 0.273. The number of nitrogens with one attached hydrogen (secondary N) is 1. The van der Waals surface area contributed by atoms with Crippen molar-refractivity contribution in [2.45, 2.75) is 19.6 Å². The van der Waals surface area contributed by atoms with E-state index in [2.05, 4.69) is 5.32 Å². The Kier molecular flexibility index (Phi) is 6.86. The summed E-state index contributed by atoms with van der Waals surface area (Å²) in [6.45, 7) is 2.33. The third-order valence-corrected chi connectivity index (χ3v) is 4.27. The number of esters is 1. The van der Waals surface area contributed by atoms with Crippen molar-refractivity contribution in [1.29, 1.82) is 0 Å². The molecule has 0 radical (unpaired) electrons. The van der Waals surface area contributed by atoms with Crippen molar-refractivity contribution in [3.05, 3.63) is 65.9 Å². The van der Waals surface area contributed by atoms with Crippen molar-refractivity contribution < 1.29 is 28.2 Å². The summed E-state index contributed by atoms with van der Waals surface area (Å²) in [6, 6.07) is 16.5. The lowest BCUT2D eigenvalue weighted by atomic mass is 10.1. The van der Waals surface area contributed by atoms with E-state index < -0.39 is 18.0 Å². The van der Waals surface area contributed by atoms with E-state index in [0.717, 1.165) is 5.39 Å². The van der Waals surface area contributed by atoms with Crippen molar-refractivity contribution in [2.24, 2.45) is 0 Å². The summed E-state index contributed by atoms with van der Waals surface area (Å²) >= 11 is 0. The van der Waals surface area contributed by atoms with E-state index in [1.54, 1.807) is 6.07 Å². The number of carbonyl (C=O) groups is 2. The van der Waals surface area contributed by atoms with E-state index in [1.807, 2.05) is 48.5 Å². The number of hydrogen-bond acceptors (Lipinski definition) is 6. The van der Waals surface area contributed by atoms with Gasteiger partial charge in [-0.25, -0.2) is 4.79 Å². The van der Waals surface area contributed by atoms with Crippen LogP contribution >= 0.6 is 0 Å². The van der Waals surface area contributed by atoms with Crippen LogP contribution in [0.25, 0.3) is 11.0 Å². The molecule has 1 aromatic heterocycles. The molecule has 7 heteroatoms. The maximum Gasteiger partial charge on any atom is 0.375 e. The number of hydrogen-bond donors (Lipinski definition) is 1. The molecular formula is C22H23NO6. The zero-order valence-corrected chi connectivity index (χ0v) is 16.3. The van der Waals surface area contributed by atoms with Crippen LogP contribution in [-0.2, 0) is 20.9 Å². The number of amides is 1. The van der Waals surface area contributed by atoms with Gasteiger partial charge in [-0.05, 0) is 25.1 Å². The van der Waals surface area contributed by atoms with Gasteiger partial charge in [-0.15, -0.1) is 0 Å². The van der Waals surface area contributed by atoms with Gasteiger partial charge in [0.25, 0.3) is 5.91 Å². The van der Waals surface area contributed by atoms with E-state index >= 15 is 0 Å². The molecule has 0 unspecified atom stereocenters. The first kappa shape index (κ1) is 20.4. The molecule has 1 N–H and O–H groups in total. The Hall–Kier alpha value is -3.32. The first-order valence-corrected chi connectivity index (χ1v) is 9.26. The lowest BCUT2D eigenvalue weighted by Gasteiger charge is -2.13. The van der Waals surface area contributed by atoms with Crippen LogP contribution in [0, 0.1) is 0 Å². The van der Waals surface area contributed by atoms with Crippen molar-refractivity contribution in [2.75, 3.05) is 20.3 Å². The second-order valence-electron chi connectivity index (χ2n) is 6.34. The fourth-order valence-electron chi connectivity index (χ4n) is 2.77. The molecule has 1 amide bonds. The number of methoxy groups -OCH3 is 1. The average Bonchev–Trinajstić information content (AvgIpc) is 3.12. The smallest absolute Gasteiger partial charge is 0.375 e. The van der Waals surface area contributed by atoms with E-state index in [0.29, 0.717) is 30.0 Å². The van der Waals surface area contributed by atoms with Crippen LogP contribution in [0.15, 0.2) is 59.0 Å². The van der Waals surface area contributed by atoms with Crippen LogP contribution < -0.4 is 10.1 Å². The number of carbonyl (C=O) groups excluding carboxylic acids is 2. The second-order valence-corrected chi connectivity index (χ2v) is 6.34. The van der Waals surface area contributed by atoms with Gasteiger partial charge in [-0.3, -0.25) is 4.79 Å². The highest BCUT2D eigenvalue weighted by atomic mass is 16.6. The third kappa shape index (κ3) is 5.14. The molecule has 0 saturated heterocycles. The second kappa shape index (κ2) is 9.75. The van der Waals surface area contributed by atoms with Crippen LogP contribution in [0.2, 0.25) is 0 Å². The molecule has 2 aromatic carbocycles. The zero-order valence-electron chi connectivity index (χ0n) is 16.3. The van der Waals surface area contributed by atoms with Crippen LogP contribution in [0.4, 0.5) is 0 Å². The molecule has 1 heterocycles. The molecule has 0 aliphatic heterocycles. The van der Waals surface area contributed by atoms with E-state index in [9.17, 15) is 9.59 Å². The fourth-order valence-corrected chi connectivity index (χ4v) is 2.77. The molecule has 3 aromatic rings. The molecule has 0 aliphatic rings. The normalized spacial score (nSPS) is 11.8. The molecule has 0 aliphatic carbocycles. The maximum absolute atomic E-state index is 12.7. The van der Waals surface area contributed by atoms with Crippen LogP contribution in [-0.4, -0.2) is 38.2 Å². The SMILES string of the molecule is COCCNC(=O)[C@H](C)OC(=O)c1oc2ccccc2c1COc1ccccc1. The standard InChI is InChI=1S/C22H23NO6/c1-15(21(24)23-12-13-26-2)28-22(25)20-18(14-27-16-8-4-3-5-9-16)17-10-6-7-11-19(17)29-20/h3-11,15H,12-14H2,1-2H3,(H,23,24)/t15-/m0/s1. The first-order chi connectivity index (χ1) is 14.1. The highest BCUT2D eigenvalue weighted by molar-refractivity contribution is 5.97. The number of rotatable bonds is 9. The summed E-state index contributed by atoms with van der Waals surface area (Å²) in [5, 5.41) is 3.39. The number of para-hydroxylation sites is 2. The van der Waals surface area contributed by atoms with Crippen molar-refractivity contribution in [3.63, 3.8) is 0 Å². The Morgan fingerprint density at radius 1 is 1.07 bits per heavy atom. The van der Waals surface area contributed by atoms with Gasteiger partial charge in [0.05, 0.1) is 12.2 Å². The molecule has 0 bridgehead atoms. The molecule has 152 valence electrons. The molecule has 29 heavy (non-hydrogen) atoms. The minimum absolute atomic E-state index is 0.0265. The monoisotopic (exact) mass is 397 g/mol. The van der Waals surface area contributed by atoms with Crippen molar-refractivity contribution in [1.82, 2.24) is 5.32 Å². The minimum atomic E-state index is -0.976. The van der Waals surface area contributed by atoms with E-state index in [4.69, 9.17) is 18.6 Å². The van der Waals surface area contributed by atoms with Gasteiger partial charge in [-0.2, -0.15) is 0 Å². The largest absolute Gasteiger partial charge is 0.489 e. The maximum atomic E-state index is 12.7. The topological polar surface area (TPSA) is 87.0 Å². The lowest BCUT2D eigenvalue weighted by molar-refractivity contribution is -0.129. The highest BCUT2D eigenvalue weighted by Gasteiger charge is 2.26. The van der Waals surface area contributed by atoms with Gasteiger partial charge in [0.1, 0.15) is 17.9 Å². The third-order valence-electron chi connectivity index (χ3n) is 4.27.